The van der Waals surface area contributed by atoms with Crippen LogP contribution in [-0.2, 0) is 16.1 Å². The van der Waals surface area contributed by atoms with Crippen LogP contribution in [0.15, 0.2) is 35.7 Å². The fourth-order valence-electron chi connectivity index (χ4n) is 1.66. The van der Waals surface area contributed by atoms with Gasteiger partial charge in [0.1, 0.15) is 0 Å². The molecule has 1 aromatic heterocycles. The number of nitrogens with one attached hydrogen (secondary N) is 1. The van der Waals surface area contributed by atoms with Crippen molar-refractivity contribution in [2.45, 2.75) is 6.54 Å². The van der Waals surface area contributed by atoms with Crippen molar-refractivity contribution in [1.82, 2.24) is 5.32 Å². The topological polar surface area (TPSA) is 64.6 Å². The van der Waals surface area contributed by atoms with E-state index in [0.717, 1.165) is 10.9 Å². The maximum Gasteiger partial charge on any atom is 0.338 e. The van der Waals surface area contributed by atoms with Gasteiger partial charge in [0, 0.05) is 4.88 Å². The predicted molar refractivity (Wildman–Crippen MR) is 79.4 cm³/mol. The molecular formula is C15H14FNO4S. The summed E-state index contributed by atoms with van der Waals surface area (Å²) < 4.78 is 23.1. The molecule has 0 aliphatic rings. The van der Waals surface area contributed by atoms with Crippen molar-refractivity contribution in [3.05, 3.63) is 52.0 Å². The van der Waals surface area contributed by atoms with Crippen molar-refractivity contribution in [2.24, 2.45) is 0 Å². The Kier molecular flexibility index (Phi) is 5.48. The number of amides is 1. The third-order valence-electron chi connectivity index (χ3n) is 2.76. The quantitative estimate of drug-likeness (QED) is 0.829. The van der Waals surface area contributed by atoms with Crippen LogP contribution in [-0.4, -0.2) is 25.6 Å². The van der Waals surface area contributed by atoms with Crippen LogP contribution in [0, 0.1) is 5.82 Å². The van der Waals surface area contributed by atoms with Crippen molar-refractivity contribution >= 4 is 23.2 Å². The third-order valence-corrected chi connectivity index (χ3v) is 3.64. The van der Waals surface area contributed by atoms with Gasteiger partial charge in [0.15, 0.2) is 18.2 Å². The minimum atomic E-state index is -0.771. The van der Waals surface area contributed by atoms with Gasteiger partial charge in [-0.25, -0.2) is 9.18 Å². The van der Waals surface area contributed by atoms with Crippen LogP contribution in [0.1, 0.15) is 15.2 Å². The molecule has 0 saturated carbocycles. The van der Waals surface area contributed by atoms with Crippen LogP contribution in [0.5, 0.6) is 5.75 Å². The van der Waals surface area contributed by atoms with Crippen LogP contribution in [0.25, 0.3) is 0 Å². The molecular weight excluding hydrogens is 309 g/mol. The fourth-order valence-corrected chi connectivity index (χ4v) is 2.30. The van der Waals surface area contributed by atoms with Crippen molar-refractivity contribution < 1.29 is 23.5 Å². The zero-order chi connectivity index (χ0) is 15.9. The number of ether oxygens (including phenoxy) is 2. The number of halogens is 1. The average molecular weight is 323 g/mol. The third kappa shape index (κ3) is 4.29. The maximum atomic E-state index is 13.5. The number of methoxy groups -OCH3 is 1. The summed E-state index contributed by atoms with van der Waals surface area (Å²) in [6.45, 7) is -0.0386. The van der Waals surface area contributed by atoms with Gasteiger partial charge < -0.3 is 14.8 Å². The number of thiophene rings is 1. The highest BCUT2D eigenvalue weighted by Gasteiger charge is 2.13. The van der Waals surface area contributed by atoms with Crippen LogP contribution in [0.3, 0.4) is 0 Å². The van der Waals surface area contributed by atoms with Crippen LogP contribution >= 0.6 is 11.3 Å². The molecule has 2 aromatic rings. The summed E-state index contributed by atoms with van der Waals surface area (Å²) in [6.07, 6.45) is 0. The van der Waals surface area contributed by atoms with Gasteiger partial charge in [0.25, 0.3) is 5.91 Å². The minimum absolute atomic E-state index is 0.0179. The predicted octanol–water partition coefficient (Wildman–Crippen LogP) is 2.37. The minimum Gasteiger partial charge on any atom is -0.494 e. The van der Waals surface area contributed by atoms with Gasteiger partial charge in [-0.05, 0) is 29.6 Å². The first kappa shape index (κ1) is 16.0. The number of hydrogen-bond acceptors (Lipinski definition) is 5. The molecule has 0 atom stereocenters. The molecule has 7 heteroatoms. The smallest absolute Gasteiger partial charge is 0.338 e. The number of carbonyl (C=O) groups excluding carboxylic acids is 2. The summed E-state index contributed by atoms with van der Waals surface area (Å²) in [6, 6.07) is 7.46. The summed E-state index contributed by atoms with van der Waals surface area (Å²) in [5.74, 6) is -1.83. The van der Waals surface area contributed by atoms with E-state index < -0.39 is 24.3 Å². The number of carbonyl (C=O) groups is 2. The van der Waals surface area contributed by atoms with E-state index in [2.05, 4.69) is 5.32 Å². The summed E-state index contributed by atoms with van der Waals surface area (Å²) >= 11 is 1.52. The highest BCUT2D eigenvalue weighted by Crippen LogP contribution is 2.18. The Morgan fingerprint density at radius 2 is 2.14 bits per heavy atom. The zero-order valence-corrected chi connectivity index (χ0v) is 12.6. The van der Waals surface area contributed by atoms with E-state index in [1.807, 2.05) is 17.5 Å². The number of esters is 1. The molecule has 116 valence electrons. The Labute approximate surface area is 130 Å². The summed E-state index contributed by atoms with van der Waals surface area (Å²) in [5.41, 5.74) is 0.0179. The second-order valence-electron chi connectivity index (χ2n) is 4.28. The monoisotopic (exact) mass is 323 g/mol. The second kappa shape index (κ2) is 7.56. The Morgan fingerprint density at radius 3 is 2.77 bits per heavy atom. The molecule has 1 heterocycles. The molecule has 0 aliphatic heterocycles. The lowest BCUT2D eigenvalue weighted by atomic mass is 10.2. The lowest BCUT2D eigenvalue weighted by molar-refractivity contribution is -0.124. The van der Waals surface area contributed by atoms with Crippen molar-refractivity contribution in [3.8, 4) is 5.75 Å². The van der Waals surface area contributed by atoms with Crippen molar-refractivity contribution in [1.29, 1.82) is 0 Å². The molecule has 1 N–H and O–H groups in total. The Balaban J connectivity index is 1.81. The molecule has 0 spiro atoms. The van der Waals surface area contributed by atoms with Crippen LogP contribution in [0.2, 0.25) is 0 Å². The van der Waals surface area contributed by atoms with E-state index in [1.54, 1.807) is 0 Å². The van der Waals surface area contributed by atoms with Gasteiger partial charge in [-0.3, -0.25) is 4.79 Å². The normalized spacial score (nSPS) is 10.1. The van der Waals surface area contributed by atoms with E-state index >= 15 is 0 Å². The fraction of sp³-hybridized carbons (Fsp3) is 0.200. The van der Waals surface area contributed by atoms with Gasteiger partial charge in [-0.2, -0.15) is 0 Å². The van der Waals surface area contributed by atoms with Crippen LogP contribution < -0.4 is 10.1 Å². The van der Waals surface area contributed by atoms with Gasteiger partial charge in [0.05, 0.1) is 19.2 Å². The van der Waals surface area contributed by atoms with E-state index in [0.29, 0.717) is 6.54 Å². The molecule has 2 rings (SSSR count). The molecule has 1 aromatic carbocycles. The summed E-state index contributed by atoms with van der Waals surface area (Å²) in [4.78, 5) is 24.3. The van der Waals surface area contributed by atoms with E-state index in [1.165, 1.54) is 30.6 Å². The largest absolute Gasteiger partial charge is 0.494 e. The summed E-state index contributed by atoms with van der Waals surface area (Å²) in [7, 11) is 1.33. The van der Waals surface area contributed by atoms with Gasteiger partial charge >= 0.3 is 5.97 Å². The van der Waals surface area contributed by atoms with Crippen molar-refractivity contribution in [3.63, 3.8) is 0 Å². The average Bonchev–Trinajstić information content (AvgIpc) is 3.03. The first-order chi connectivity index (χ1) is 10.6. The number of rotatable bonds is 6. The molecule has 0 saturated heterocycles. The molecule has 0 radical (unpaired) electrons. The van der Waals surface area contributed by atoms with Gasteiger partial charge in [-0.15, -0.1) is 11.3 Å². The number of hydrogen-bond donors (Lipinski definition) is 1. The lowest BCUT2D eigenvalue weighted by Crippen LogP contribution is -2.28. The lowest BCUT2D eigenvalue weighted by Gasteiger charge is -2.07. The van der Waals surface area contributed by atoms with Crippen molar-refractivity contribution in [2.75, 3.05) is 13.7 Å². The molecule has 22 heavy (non-hydrogen) atoms. The number of benzene rings is 1. The molecule has 0 bridgehead atoms. The molecule has 0 aliphatic carbocycles. The highest BCUT2D eigenvalue weighted by atomic mass is 32.1. The molecule has 1 amide bonds. The van der Waals surface area contributed by atoms with E-state index in [-0.39, 0.29) is 11.3 Å². The molecule has 0 fully saturated rings. The second-order valence-corrected chi connectivity index (χ2v) is 5.31. The standard InChI is InChI=1S/C15H14FNO4S/c1-20-13-5-4-10(7-12(13)16)15(19)21-9-14(18)17-8-11-3-2-6-22-11/h2-7H,8-9H2,1H3,(H,17,18). The molecule has 5 nitrogen and oxygen atoms in total. The SMILES string of the molecule is COc1ccc(C(=O)OCC(=O)NCc2cccs2)cc1F. The first-order valence-corrected chi connectivity index (χ1v) is 7.28. The molecule has 0 unspecified atom stereocenters. The van der Waals surface area contributed by atoms with Crippen LogP contribution in [0.4, 0.5) is 4.39 Å². The maximum absolute atomic E-state index is 13.5. The Morgan fingerprint density at radius 1 is 1.32 bits per heavy atom. The van der Waals surface area contributed by atoms with E-state index in [4.69, 9.17) is 9.47 Å². The Bertz CT molecular complexity index is 658. The first-order valence-electron chi connectivity index (χ1n) is 6.40. The summed E-state index contributed by atoms with van der Waals surface area (Å²) in [5, 5.41) is 4.52. The zero-order valence-electron chi connectivity index (χ0n) is 11.8. The van der Waals surface area contributed by atoms with Gasteiger partial charge in [0.2, 0.25) is 0 Å². The van der Waals surface area contributed by atoms with E-state index in [9.17, 15) is 14.0 Å². The Hall–Kier alpha value is -2.41. The van der Waals surface area contributed by atoms with Gasteiger partial charge in [-0.1, -0.05) is 6.07 Å². The highest BCUT2D eigenvalue weighted by molar-refractivity contribution is 7.09.